The molecular weight excluding hydrogens is 553 g/mol. The van der Waals surface area contributed by atoms with Crippen LogP contribution in [-0.4, -0.2) is 18.8 Å². The van der Waals surface area contributed by atoms with Crippen LogP contribution in [0.3, 0.4) is 0 Å². The van der Waals surface area contributed by atoms with Crippen molar-refractivity contribution in [2.75, 3.05) is 0 Å². The first kappa shape index (κ1) is 26.1. The van der Waals surface area contributed by atoms with Gasteiger partial charge in [-0.15, -0.1) is 0 Å². The predicted octanol–water partition coefficient (Wildman–Crippen LogP) is 10.1. The predicted molar refractivity (Wildman–Crippen MR) is 177 cm³/mol. The fourth-order valence-electron chi connectivity index (χ4n) is 5.11. The van der Waals surface area contributed by atoms with E-state index in [-0.39, 0.29) is 0 Å². The zero-order chi connectivity index (χ0) is 28.5. The molecule has 42 heavy (non-hydrogen) atoms. The second-order valence-corrected chi connectivity index (χ2v) is 12.0. The van der Waals surface area contributed by atoms with E-state index in [1.807, 2.05) is 48.5 Å². The van der Waals surface area contributed by atoms with E-state index in [2.05, 4.69) is 108 Å². The molecule has 0 saturated carbocycles. The highest BCUT2D eigenvalue weighted by Crippen LogP contribution is 2.35. The van der Waals surface area contributed by atoms with Crippen molar-refractivity contribution in [3.8, 4) is 43.4 Å². The molecule has 204 valence electrons. The lowest BCUT2D eigenvalue weighted by molar-refractivity contribution is 1.13. The lowest BCUT2D eigenvalue weighted by atomic mass is 10.1. The molecule has 0 fully saturated rings. The molecule has 0 bridgehead atoms. The molecule has 0 aliphatic heterocycles. The van der Waals surface area contributed by atoms with Gasteiger partial charge in [-0.2, -0.15) is 0 Å². The maximum absolute atomic E-state index is 4.77. The smallest absolute Gasteiger partial charge is 0.195 e. The molecule has 0 radical (unpaired) electrons. The number of imidazole rings is 2. The lowest BCUT2D eigenvalue weighted by Gasteiger charge is -1.99. The molecule has 0 saturated heterocycles. The SMILES string of the molecule is Cc1c(-c2ccccc2)sc2nc(-c3ccccc3)cn12.Cc1c(-c2ccccc2)sc2nc(-c3ccccc3)cn12. The fraction of sp³-hybridized carbons (Fsp3) is 0.0556. The largest absolute Gasteiger partial charge is 0.294 e. The molecule has 8 rings (SSSR count). The summed E-state index contributed by atoms with van der Waals surface area (Å²) in [5.41, 5.74) is 9.39. The average molecular weight is 581 g/mol. The summed E-state index contributed by atoms with van der Waals surface area (Å²) in [5, 5.41) is 0. The molecule has 4 aromatic carbocycles. The van der Waals surface area contributed by atoms with Gasteiger partial charge in [-0.05, 0) is 25.0 Å². The quantitative estimate of drug-likeness (QED) is 0.208. The van der Waals surface area contributed by atoms with Crippen LogP contribution in [0, 0.1) is 13.8 Å². The van der Waals surface area contributed by atoms with Gasteiger partial charge in [0.2, 0.25) is 0 Å². The molecule has 0 aliphatic carbocycles. The minimum atomic E-state index is 1.03. The van der Waals surface area contributed by atoms with Crippen LogP contribution in [0.25, 0.3) is 53.3 Å². The molecule has 6 heteroatoms. The number of thiazole rings is 2. The molecule has 4 aromatic heterocycles. The second-order valence-electron chi connectivity index (χ2n) is 10.1. The summed E-state index contributed by atoms with van der Waals surface area (Å²) in [6.07, 6.45) is 4.26. The number of hydrogen-bond acceptors (Lipinski definition) is 4. The monoisotopic (exact) mass is 580 g/mol. The van der Waals surface area contributed by atoms with E-state index in [0.29, 0.717) is 0 Å². The van der Waals surface area contributed by atoms with Gasteiger partial charge in [0.15, 0.2) is 9.92 Å². The number of benzene rings is 4. The highest BCUT2D eigenvalue weighted by molar-refractivity contribution is 7.20. The number of hydrogen-bond donors (Lipinski definition) is 0. The highest BCUT2D eigenvalue weighted by atomic mass is 32.1. The number of rotatable bonds is 4. The second kappa shape index (κ2) is 11.2. The van der Waals surface area contributed by atoms with Crippen molar-refractivity contribution >= 4 is 32.6 Å². The van der Waals surface area contributed by atoms with Gasteiger partial charge in [-0.25, -0.2) is 9.97 Å². The molecule has 4 heterocycles. The Bertz CT molecular complexity index is 1930. The van der Waals surface area contributed by atoms with Gasteiger partial charge in [0, 0.05) is 34.9 Å². The molecule has 0 N–H and O–H groups in total. The number of nitrogens with zero attached hydrogens (tertiary/aromatic N) is 4. The zero-order valence-corrected chi connectivity index (χ0v) is 24.9. The van der Waals surface area contributed by atoms with Gasteiger partial charge >= 0.3 is 0 Å². The third kappa shape index (κ3) is 4.96. The van der Waals surface area contributed by atoms with E-state index in [9.17, 15) is 0 Å². The van der Waals surface area contributed by atoms with Crippen LogP contribution in [0.4, 0.5) is 0 Å². The first-order valence-corrected chi connectivity index (χ1v) is 15.5. The molecule has 0 unspecified atom stereocenters. The van der Waals surface area contributed by atoms with Gasteiger partial charge in [0.05, 0.1) is 21.1 Å². The fourth-order valence-corrected chi connectivity index (χ4v) is 7.34. The summed E-state index contributed by atoms with van der Waals surface area (Å²) in [4.78, 5) is 14.2. The number of fused-ring (bicyclic) bond motifs is 2. The molecule has 8 aromatic rings. The van der Waals surface area contributed by atoms with E-state index in [4.69, 9.17) is 9.97 Å². The maximum Gasteiger partial charge on any atom is 0.195 e. The lowest BCUT2D eigenvalue weighted by Crippen LogP contribution is -1.83. The topological polar surface area (TPSA) is 34.6 Å². The maximum atomic E-state index is 4.77. The van der Waals surface area contributed by atoms with Crippen molar-refractivity contribution in [1.29, 1.82) is 0 Å². The Morgan fingerprint density at radius 1 is 0.429 bits per heavy atom. The molecule has 0 spiro atoms. The first-order valence-electron chi connectivity index (χ1n) is 13.8. The summed E-state index contributed by atoms with van der Waals surface area (Å²) in [7, 11) is 0. The normalized spacial score (nSPS) is 11.1. The van der Waals surface area contributed by atoms with Crippen LogP contribution in [0.5, 0.6) is 0 Å². The van der Waals surface area contributed by atoms with E-state index < -0.39 is 0 Å². The molecule has 4 nitrogen and oxygen atoms in total. The average Bonchev–Trinajstić information content (AvgIpc) is 3.81. The van der Waals surface area contributed by atoms with Crippen molar-refractivity contribution in [2.45, 2.75) is 13.8 Å². The summed E-state index contributed by atoms with van der Waals surface area (Å²) >= 11 is 3.49. The number of aryl methyl sites for hydroxylation is 2. The summed E-state index contributed by atoms with van der Waals surface area (Å²) in [6, 6.07) is 41.6. The minimum Gasteiger partial charge on any atom is -0.294 e. The van der Waals surface area contributed by atoms with Crippen molar-refractivity contribution < 1.29 is 0 Å². The van der Waals surface area contributed by atoms with Crippen LogP contribution < -0.4 is 0 Å². The van der Waals surface area contributed by atoms with Crippen LogP contribution in [0.2, 0.25) is 0 Å². The van der Waals surface area contributed by atoms with Gasteiger partial charge < -0.3 is 0 Å². The summed E-state index contributed by atoms with van der Waals surface area (Å²) in [5.74, 6) is 0. The zero-order valence-electron chi connectivity index (χ0n) is 23.3. The summed E-state index contributed by atoms with van der Waals surface area (Å²) < 4.78 is 4.38. The van der Waals surface area contributed by atoms with Crippen molar-refractivity contribution in [3.63, 3.8) is 0 Å². The van der Waals surface area contributed by atoms with E-state index in [1.165, 1.54) is 32.3 Å². The Balaban J connectivity index is 0.000000137. The van der Waals surface area contributed by atoms with Crippen molar-refractivity contribution in [2.24, 2.45) is 0 Å². The minimum absolute atomic E-state index is 1.03. The van der Waals surface area contributed by atoms with Gasteiger partial charge in [-0.3, -0.25) is 8.80 Å². The Hall–Kier alpha value is -4.78. The molecule has 0 amide bonds. The Labute approximate surface area is 252 Å². The standard InChI is InChI=1S/2C18H14N2S/c2*1-13-17(15-10-6-3-7-11-15)21-18-19-16(12-20(13)18)14-8-4-2-5-9-14/h2*2-12H,1H3. The Morgan fingerprint density at radius 3 is 1.05 bits per heavy atom. The third-order valence-electron chi connectivity index (χ3n) is 7.32. The van der Waals surface area contributed by atoms with E-state index in [1.54, 1.807) is 22.7 Å². The van der Waals surface area contributed by atoms with Crippen molar-refractivity contribution in [1.82, 2.24) is 18.8 Å². The van der Waals surface area contributed by atoms with Crippen LogP contribution in [0.1, 0.15) is 11.4 Å². The van der Waals surface area contributed by atoms with Crippen LogP contribution >= 0.6 is 22.7 Å². The van der Waals surface area contributed by atoms with Crippen LogP contribution in [0.15, 0.2) is 134 Å². The Kier molecular flexibility index (Phi) is 7.00. The first-order chi connectivity index (χ1) is 20.7. The summed E-state index contributed by atoms with van der Waals surface area (Å²) in [6.45, 7) is 4.31. The molecule has 0 aliphatic rings. The molecular formula is C36H28N4S2. The van der Waals surface area contributed by atoms with Gasteiger partial charge in [0.1, 0.15) is 0 Å². The third-order valence-corrected chi connectivity index (χ3v) is 9.74. The van der Waals surface area contributed by atoms with E-state index in [0.717, 1.165) is 32.4 Å². The van der Waals surface area contributed by atoms with E-state index >= 15 is 0 Å². The van der Waals surface area contributed by atoms with Crippen molar-refractivity contribution in [3.05, 3.63) is 145 Å². The molecule has 0 atom stereocenters. The van der Waals surface area contributed by atoms with Gasteiger partial charge in [0.25, 0.3) is 0 Å². The van der Waals surface area contributed by atoms with Crippen LogP contribution in [-0.2, 0) is 0 Å². The number of aromatic nitrogens is 4. The highest BCUT2D eigenvalue weighted by Gasteiger charge is 2.15. The van der Waals surface area contributed by atoms with Gasteiger partial charge in [-0.1, -0.05) is 144 Å². The Morgan fingerprint density at radius 2 is 0.738 bits per heavy atom.